The zero-order valence-corrected chi connectivity index (χ0v) is 12.4. The van der Waals surface area contributed by atoms with E-state index in [1.165, 1.54) is 11.8 Å². The zero-order chi connectivity index (χ0) is 9.29. The summed E-state index contributed by atoms with van der Waals surface area (Å²) in [5.74, 6) is 6.99. The minimum Gasteiger partial charge on any atom is -0.0768 e. The third-order valence-corrected chi connectivity index (χ3v) is 12.6. The summed E-state index contributed by atoms with van der Waals surface area (Å²) in [6, 6.07) is 0. The van der Waals surface area contributed by atoms with Gasteiger partial charge in [-0.05, 0) is 61.2 Å². The second-order valence-corrected chi connectivity index (χ2v) is 9.84. The van der Waals surface area contributed by atoms with Gasteiger partial charge in [0, 0.05) is 6.84 Å². The summed E-state index contributed by atoms with van der Waals surface area (Å²) in [6.45, 7) is 0. The number of hydrogen-bond donors (Lipinski definition) is 0. The molecule has 8 bridgehead atoms. The molecule has 0 aromatic rings. The first-order valence-electron chi connectivity index (χ1n) is 6.08. The monoisotopic (exact) mass is 412 g/mol. The van der Waals surface area contributed by atoms with Crippen molar-refractivity contribution in [3.8, 4) is 0 Å². The lowest BCUT2D eigenvalue weighted by molar-refractivity contribution is 0.238. The molecule has 0 spiro atoms. The van der Waals surface area contributed by atoms with E-state index in [1.54, 1.807) is 25.7 Å². The van der Waals surface area contributed by atoms with Crippen LogP contribution in [0.25, 0.3) is 0 Å². The Bertz CT molecular complexity index is 292. The predicted molar refractivity (Wildman–Crippen MR) is 72.9 cm³/mol. The second kappa shape index (κ2) is 2.08. The standard InChI is InChI=1S/C12H14I2/c13-11-5-1-2-6-9(5)10-7(11)3-4-8(10)12(6,11)14/h5-10H,1-4H2. The van der Waals surface area contributed by atoms with Crippen molar-refractivity contribution in [2.24, 2.45) is 35.5 Å². The maximum Gasteiger partial charge on any atom is 0.0435 e. The predicted octanol–water partition coefficient (Wildman–Crippen LogP) is 3.66. The van der Waals surface area contributed by atoms with E-state index < -0.39 is 0 Å². The van der Waals surface area contributed by atoms with Crippen molar-refractivity contribution in [3.63, 3.8) is 0 Å². The van der Waals surface area contributed by atoms with Gasteiger partial charge in [-0.3, -0.25) is 0 Å². The first kappa shape index (κ1) is 8.54. The summed E-state index contributed by atoms with van der Waals surface area (Å²) in [5.41, 5.74) is 0. The molecule has 6 fully saturated rings. The minimum absolute atomic E-state index is 0.770. The number of rotatable bonds is 0. The van der Waals surface area contributed by atoms with Crippen LogP contribution in [-0.2, 0) is 0 Å². The van der Waals surface area contributed by atoms with Crippen molar-refractivity contribution in [1.82, 2.24) is 0 Å². The van der Waals surface area contributed by atoms with Crippen LogP contribution in [-0.4, -0.2) is 6.84 Å². The summed E-state index contributed by atoms with van der Waals surface area (Å²) in [7, 11) is 0. The highest BCUT2D eigenvalue weighted by Gasteiger charge is 2.89. The van der Waals surface area contributed by atoms with Crippen molar-refractivity contribution < 1.29 is 0 Å². The fourth-order valence-electron chi connectivity index (χ4n) is 6.77. The Morgan fingerprint density at radius 3 is 1.21 bits per heavy atom. The fourth-order valence-corrected chi connectivity index (χ4v) is 11.3. The van der Waals surface area contributed by atoms with Gasteiger partial charge in [0.2, 0.25) is 0 Å². The summed E-state index contributed by atoms with van der Waals surface area (Å²) in [6.07, 6.45) is 6.34. The van der Waals surface area contributed by atoms with Gasteiger partial charge in [-0.25, -0.2) is 0 Å². The van der Waals surface area contributed by atoms with Crippen LogP contribution >= 0.6 is 45.2 Å². The third kappa shape index (κ3) is 0.503. The largest absolute Gasteiger partial charge is 0.0768 e. The Morgan fingerprint density at radius 1 is 0.643 bits per heavy atom. The summed E-state index contributed by atoms with van der Waals surface area (Å²) in [5, 5.41) is 0. The van der Waals surface area contributed by atoms with Gasteiger partial charge in [0.05, 0.1) is 0 Å². The molecule has 0 radical (unpaired) electrons. The molecular weight excluding hydrogens is 398 g/mol. The number of halogens is 2. The lowest BCUT2D eigenvalue weighted by Crippen LogP contribution is -2.53. The molecule has 2 heteroatoms. The van der Waals surface area contributed by atoms with Crippen LogP contribution in [0.3, 0.4) is 0 Å². The molecule has 0 nitrogen and oxygen atoms in total. The first-order valence-corrected chi connectivity index (χ1v) is 8.24. The zero-order valence-electron chi connectivity index (χ0n) is 8.05. The number of alkyl halides is 2. The summed E-state index contributed by atoms with van der Waals surface area (Å²) >= 11 is 5.87. The molecule has 0 N–H and O–H groups in total. The highest BCUT2D eigenvalue weighted by Crippen LogP contribution is 2.90. The Hall–Kier alpha value is 1.46. The summed E-state index contributed by atoms with van der Waals surface area (Å²) in [4.78, 5) is 0. The normalized spacial score (nSPS) is 81.0. The van der Waals surface area contributed by atoms with E-state index in [0.717, 1.165) is 30.5 Å². The van der Waals surface area contributed by atoms with Gasteiger partial charge in [-0.1, -0.05) is 45.2 Å². The number of hydrogen-bond acceptors (Lipinski definition) is 0. The Kier molecular flexibility index (Phi) is 1.27. The van der Waals surface area contributed by atoms with Gasteiger partial charge < -0.3 is 0 Å². The van der Waals surface area contributed by atoms with Gasteiger partial charge in [-0.15, -0.1) is 0 Å². The molecule has 0 amide bonds. The molecule has 6 saturated carbocycles. The van der Waals surface area contributed by atoms with Crippen molar-refractivity contribution in [2.45, 2.75) is 32.5 Å². The van der Waals surface area contributed by atoms with Crippen LogP contribution in [0.5, 0.6) is 0 Å². The lowest BCUT2D eigenvalue weighted by Gasteiger charge is -2.49. The smallest absolute Gasteiger partial charge is 0.0435 e. The van der Waals surface area contributed by atoms with Crippen molar-refractivity contribution >= 4 is 45.2 Å². The first-order chi connectivity index (χ1) is 6.70. The van der Waals surface area contributed by atoms with E-state index in [1.807, 2.05) is 0 Å². The molecule has 76 valence electrons. The van der Waals surface area contributed by atoms with Crippen LogP contribution < -0.4 is 0 Å². The summed E-state index contributed by atoms with van der Waals surface area (Å²) < 4.78 is 1.54. The van der Waals surface area contributed by atoms with Crippen LogP contribution in [0.4, 0.5) is 0 Å². The van der Waals surface area contributed by atoms with E-state index in [4.69, 9.17) is 0 Å². The molecule has 14 heavy (non-hydrogen) atoms. The van der Waals surface area contributed by atoms with Crippen molar-refractivity contribution in [2.75, 3.05) is 0 Å². The molecule has 4 atom stereocenters. The highest BCUT2D eigenvalue weighted by molar-refractivity contribution is 14.1. The van der Waals surface area contributed by atoms with Crippen LogP contribution in [0.1, 0.15) is 25.7 Å². The molecule has 6 aliphatic rings. The molecule has 6 rings (SSSR count). The average Bonchev–Trinajstić information content (AvgIpc) is 2.82. The lowest BCUT2D eigenvalue weighted by atomic mass is 9.71. The van der Waals surface area contributed by atoms with Crippen LogP contribution in [0.15, 0.2) is 0 Å². The molecule has 0 aromatic heterocycles. The van der Waals surface area contributed by atoms with E-state index in [-0.39, 0.29) is 0 Å². The maximum atomic E-state index is 2.93. The Morgan fingerprint density at radius 2 is 0.929 bits per heavy atom. The van der Waals surface area contributed by atoms with Gasteiger partial charge >= 0.3 is 0 Å². The minimum atomic E-state index is 0.770. The molecule has 4 unspecified atom stereocenters. The second-order valence-electron chi connectivity index (χ2n) is 6.27. The molecule has 6 aliphatic carbocycles. The van der Waals surface area contributed by atoms with E-state index in [0.29, 0.717) is 0 Å². The molecule has 0 saturated heterocycles. The van der Waals surface area contributed by atoms with Gasteiger partial charge in [0.25, 0.3) is 0 Å². The van der Waals surface area contributed by atoms with Crippen LogP contribution in [0, 0.1) is 35.5 Å². The van der Waals surface area contributed by atoms with Gasteiger partial charge in [0.15, 0.2) is 0 Å². The average molecular weight is 412 g/mol. The van der Waals surface area contributed by atoms with Gasteiger partial charge in [-0.2, -0.15) is 0 Å². The van der Waals surface area contributed by atoms with E-state index >= 15 is 0 Å². The quantitative estimate of drug-likeness (QED) is 0.421. The van der Waals surface area contributed by atoms with E-state index in [9.17, 15) is 0 Å². The topological polar surface area (TPSA) is 0 Å². The fraction of sp³-hybridized carbons (Fsp3) is 1.00. The Labute approximate surface area is 112 Å². The highest BCUT2D eigenvalue weighted by atomic mass is 127. The van der Waals surface area contributed by atoms with Crippen molar-refractivity contribution in [1.29, 1.82) is 0 Å². The molecule has 0 aliphatic heterocycles. The van der Waals surface area contributed by atoms with Gasteiger partial charge in [0.1, 0.15) is 0 Å². The van der Waals surface area contributed by atoms with E-state index in [2.05, 4.69) is 45.2 Å². The Balaban J connectivity index is 1.87. The third-order valence-electron chi connectivity index (χ3n) is 6.63. The SMILES string of the molecule is IC12C3CCC4C3C3C1CCC3C42I. The molecule has 0 aromatic carbocycles. The van der Waals surface area contributed by atoms with Crippen molar-refractivity contribution in [3.05, 3.63) is 0 Å². The molecular formula is C12H14I2. The molecule has 0 heterocycles. The van der Waals surface area contributed by atoms with Crippen LogP contribution in [0.2, 0.25) is 0 Å². The maximum absolute atomic E-state index is 2.93.